The van der Waals surface area contributed by atoms with Crippen molar-refractivity contribution < 1.29 is 302 Å². The van der Waals surface area contributed by atoms with Gasteiger partial charge in [-0.1, -0.05) is 0 Å². The number of aliphatic hydroxyl groups is 36. The lowest BCUT2D eigenvalue weighted by atomic mass is 9.94. The molecule has 63 heteroatoms. The molecule has 0 aromatic rings. The van der Waals surface area contributed by atoms with Crippen LogP contribution in [0.25, 0.3) is 0 Å². The monoisotopic (exact) mass is 2040 g/mol. The predicted molar refractivity (Wildman–Crippen MR) is 418 cm³/mol. The lowest BCUT2D eigenvalue weighted by Crippen LogP contribution is -2.70. The van der Waals surface area contributed by atoms with Crippen LogP contribution in [0, 0.1) is 0 Å². The minimum atomic E-state index is -2.74. The second-order valence-electron chi connectivity index (χ2n) is 35.2. The van der Waals surface area contributed by atoms with Crippen LogP contribution in [-0.2, 0) is 119 Å². The maximum absolute atomic E-state index is 13.2. The van der Waals surface area contributed by atoms with Crippen LogP contribution in [0.2, 0.25) is 0 Å². The van der Waals surface area contributed by atoms with Crippen molar-refractivity contribution in [1.82, 2.24) is 10.6 Å². The van der Waals surface area contributed by atoms with E-state index in [1.54, 1.807) is 0 Å². The molecular weight excluding hydrogens is 1920 g/mol. The number of aliphatic hydroxyl groups excluding tert-OH is 36. The third-order valence-corrected chi connectivity index (χ3v) is 25.9. The molecule has 1 unspecified atom stereocenters. The van der Waals surface area contributed by atoms with Gasteiger partial charge >= 0.3 is 0 Å². The second kappa shape index (κ2) is 49.8. The fourth-order valence-electron chi connectivity index (χ4n) is 17.9. The van der Waals surface area contributed by atoms with Crippen molar-refractivity contribution in [3.05, 3.63) is 0 Å². The van der Waals surface area contributed by atoms with E-state index in [4.69, 9.17) is 109 Å². The lowest BCUT2D eigenvalue weighted by Gasteiger charge is -2.51. The highest BCUT2D eigenvalue weighted by Gasteiger charge is 2.64. The van der Waals surface area contributed by atoms with E-state index < -0.39 is 459 Å². The first kappa shape index (κ1) is 114. The van der Waals surface area contributed by atoms with Crippen LogP contribution < -0.4 is 10.6 Å². The normalized spacial score (nSPS) is 51.9. The van der Waals surface area contributed by atoms with Crippen LogP contribution in [-0.4, -0.2) is 643 Å². The Bertz CT molecular complexity index is 3730. The Hall–Kier alpha value is -3.42. The van der Waals surface area contributed by atoms with Crippen LogP contribution in [0.4, 0.5) is 0 Å². The summed E-state index contributed by atoms with van der Waals surface area (Å²) >= 11 is 0. The molecule has 63 nitrogen and oxygen atoms in total. The van der Waals surface area contributed by atoms with Crippen molar-refractivity contribution >= 4 is 11.8 Å². The largest absolute Gasteiger partial charge is 0.394 e. The molecule has 12 rings (SSSR count). The first-order valence-corrected chi connectivity index (χ1v) is 44.2. The molecule has 0 aliphatic carbocycles. The number of rotatable bonds is 36. The molecule has 0 bridgehead atoms. The molecule has 0 radical (unpaired) electrons. The molecule has 38 N–H and O–H groups in total. The molecule has 12 saturated heterocycles. The third kappa shape index (κ3) is 24.5. The van der Waals surface area contributed by atoms with Gasteiger partial charge in [0.15, 0.2) is 75.5 Å². The molecule has 0 spiro atoms. The van der Waals surface area contributed by atoms with Gasteiger partial charge in [-0.3, -0.25) is 9.59 Å². The van der Waals surface area contributed by atoms with Gasteiger partial charge in [0.05, 0.1) is 79.3 Å². The smallest absolute Gasteiger partial charge is 0.217 e. The first-order valence-electron chi connectivity index (χ1n) is 44.2. The number of nitrogens with one attached hydrogen (secondary N) is 2. The van der Waals surface area contributed by atoms with E-state index in [1.165, 1.54) is 0 Å². The number of hydrogen-bond acceptors (Lipinski definition) is 61. The van der Waals surface area contributed by atoms with Crippen LogP contribution >= 0.6 is 0 Å². The topological polar surface area (TPSA) is 999 Å². The molecule has 139 heavy (non-hydrogen) atoms. The number of carbonyl (C=O) groups excluding carboxylic acids is 2. The van der Waals surface area contributed by atoms with Crippen molar-refractivity contribution in [2.24, 2.45) is 0 Å². The summed E-state index contributed by atoms with van der Waals surface area (Å²) in [6, 6.07) is -3.76. The highest BCUT2D eigenvalue weighted by Crippen LogP contribution is 2.43. The highest BCUT2D eigenvalue weighted by atomic mass is 16.8. The Morgan fingerprint density at radius 2 is 0.396 bits per heavy atom. The number of amides is 2. The zero-order valence-electron chi connectivity index (χ0n) is 73.4. The Morgan fingerprint density at radius 1 is 0.187 bits per heavy atom. The van der Waals surface area contributed by atoms with E-state index in [-0.39, 0.29) is 0 Å². The zero-order chi connectivity index (χ0) is 102. The van der Waals surface area contributed by atoms with Crippen LogP contribution in [0.1, 0.15) is 13.8 Å². The Labute approximate surface area is 784 Å². The van der Waals surface area contributed by atoms with Crippen molar-refractivity contribution in [2.75, 3.05) is 79.3 Å². The van der Waals surface area contributed by atoms with Gasteiger partial charge in [0.1, 0.15) is 293 Å². The lowest BCUT2D eigenvalue weighted by molar-refractivity contribution is -0.410. The molecule has 12 fully saturated rings. The minimum absolute atomic E-state index is 0.839. The van der Waals surface area contributed by atoms with Gasteiger partial charge in [-0.2, -0.15) is 0 Å². The Kier molecular flexibility index (Phi) is 41.0. The standard InChI is InChI=1S/C76H128N2O61/c1-15(89)77-29-41(101)56(25(11-87)119-65(29)116)131-66-30(78-16(2)90)42(102)57(26(12-88)128-66)132-71-55(115)59(134-74-64(50(110)38(98)22(8-84)125-74)139-76-62(48(108)36(96)24(10-86)127-76)137-70-53(113)45(105)33(93)19(5-81)122-70)40(100)28(130-71)13-117-67-54(114)58(39(99)27(129-67)14-118-72-60(46(106)34(94)20(6-82)123-72)135-68-51(111)43(103)31(91)17(3-79)120-68)133-73-63(49(109)37(97)21(7-83)124-73)138-75-61(47(107)35(95)23(9-85)126-75)136-69-52(112)44(104)32(92)18(4-80)121-69/h17-76,79-88,91-116H,3-14H2,1-2H3,(H,77,89)(H,78,90)/t17-,18-,19-,20-,21-,22-,23-,24-,25-,26-,27-,28-,29-,30-,31-,32+,33-,34-,35-,36-,37-,38-,39-,40-,41-,42-,43+,44+,45+,46+,47+,48+,49+,50+,51+,52-,53+,54+,55+,56-,57-,58+,59+,60+,61+,62+,63+,64+,65?,66+,67+,68-,69-,70-,71+,72+,73-,74-,75-,76-/m1/s1. The predicted octanol–water partition coefficient (Wildman–Crippen LogP) is -26.9. The molecular formula is C76H128N2O61. The van der Waals surface area contributed by atoms with Gasteiger partial charge in [0.2, 0.25) is 11.8 Å². The van der Waals surface area contributed by atoms with Crippen LogP contribution in [0.3, 0.4) is 0 Å². The summed E-state index contributed by atoms with van der Waals surface area (Å²) in [5.74, 6) is -1.86. The SMILES string of the molecule is CC(=O)N[C@H]1[C@H](O[C@H]2[C@H](O)[C@@H](NC(C)=O)C(O)O[C@@H]2CO)O[C@H](CO)[C@@H](O[C@@H]2O[C@H](CO[C@H]3O[C@H](CO[C@H]4O[C@H](CO)[C@@H](O)[C@H](O)[C@@H]4O[C@H]4O[C@H](CO)[C@@H](O)[C@H](O)[C@@H]4O)[C@@H](O)[C@H](O[C@H]4O[C@H](CO)[C@@H](O)[C@H](O)[C@@H]4O[C@H]4O[C@H](CO)[C@@H](O)[C@H](O)[C@@H]4O[C@H]4O[C@H](CO)[C@H](O)[C@H](O)[C@H]4O)[C@@H]3O)[C@@H](O)[C@H](O[C@H]3O[C@H](CO)[C@@H](O)[C@H](O)[C@@H]3O[C@H]3O[C@H](CO)[C@@H](O)[C@H](O)[C@@H]3O[C@H]3O[C@H](CO)[C@@H](O)[C@H](O)[C@@H]3O)[C@@H]2O)[C@@H]1O. The maximum atomic E-state index is 13.2. The molecule has 60 atom stereocenters. The molecule has 0 saturated carbocycles. The molecule has 2 amide bonds. The second-order valence-corrected chi connectivity index (χ2v) is 35.2. The minimum Gasteiger partial charge on any atom is -0.394 e. The van der Waals surface area contributed by atoms with Gasteiger partial charge in [-0.05, 0) is 0 Å². The van der Waals surface area contributed by atoms with Crippen molar-refractivity contribution in [2.45, 2.75) is 382 Å². The zero-order valence-corrected chi connectivity index (χ0v) is 73.4. The van der Waals surface area contributed by atoms with E-state index in [9.17, 15) is 193 Å². The molecule has 12 aliphatic rings. The van der Waals surface area contributed by atoms with E-state index in [1.807, 2.05) is 0 Å². The molecule has 12 aliphatic heterocycles. The molecule has 0 aromatic heterocycles. The van der Waals surface area contributed by atoms with E-state index in [0.29, 0.717) is 0 Å². The molecule has 808 valence electrons. The summed E-state index contributed by atoms with van der Waals surface area (Å²) < 4.78 is 136. The van der Waals surface area contributed by atoms with Gasteiger partial charge < -0.3 is 303 Å². The summed E-state index contributed by atoms with van der Waals surface area (Å²) in [7, 11) is 0. The molecule has 12 heterocycles. The molecule has 0 aromatic carbocycles. The Morgan fingerprint density at radius 3 is 0.712 bits per heavy atom. The number of hydrogen-bond donors (Lipinski definition) is 38. The fourth-order valence-corrected chi connectivity index (χ4v) is 17.9. The Balaban J connectivity index is 0.919. The summed E-state index contributed by atoms with van der Waals surface area (Å²) in [6.45, 7) is -12.5. The quantitative estimate of drug-likeness (QED) is 0.0277. The third-order valence-electron chi connectivity index (χ3n) is 25.9. The van der Waals surface area contributed by atoms with Crippen molar-refractivity contribution in [1.29, 1.82) is 0 Å². The average molecular weight is 2050 g/mol. The summed E-state index contributed by atoms with van der Waals surface area (Å²) in [5.41, 5.74) is 0. The van der Waals surface area contributed by atoms with Crippen LogP contribution in [0.15, 0.2) is 0 Å². The summed E-state index contributed by atoms with van der Waals surface area (Å²) in [5, 5.41) is 408. The van der Waals surface area contributed by atoms with Crippen LogP contribution in [0.5, 0.6) is 0 Å². The number of carbonyl (C=O) groups is 2. The first-order chi connectivity index (χ1) is 65.9. The fraction of sp³-hybridized carbons (Fsp3) is 0.974. The van der Waals surface area contributed by atoms with E-state index in [0.717, 1.165) is 13.8 Å². The number of ether oxygens (including phenoxy) is 23. The maximum Gasteiger partial charge on any atom is 0.217 e. The van der Waals surface area contributed by atoms with Crippen molar-refractivity contribution in [3.63, 3.8) is 0 Å². The highest BCUT2D eigenvalue weighted by molar-refractivity contribution is 5.73. The summed E-state index contributed by atoms with van der Waals surface area (Å²) in [6.07, 6.45) is -131. The van der Waals surface area contributed by atoms with Gasteiger partial charge in [-0.15, -0.1) is 0 Å². The van der Waals surface area contributed by atoms with Gasteiger partial charge in [-0.25, -0.2) is 0 Å². The average Bonchev–Trinajstić information content (AvgIpc) is 0.688. The van der Waals surface area contributed by atoms with Gasteiger partial charge in [0, 0.05) is 13.8 Å². The van der Waals surface area contributed by atoms with Crippen molar-refractivity contribution in [3.8, 4) is 0 Å². The summed E-state index contributed by atoms with van der Waals surface area (Å²) in [4.78, 5) is 25.5. The van der Waals surface area contributed by atoms with Gasteiger partial charge in [0.25, 0.3) is 0 Å². The van der Waals surface area contributed by atoms with E-state index >= 15 is 0 Å². The van der Waals surface area contributed by atoms with E-state index in [2.05, 4.69) is 10.6 Å².